The number of carboxylic acid groups (broad SMARTS) is 1. The van der Waals surface area contributed by atoms with E-state index in [9.17, 15) is 14.7 Å². The fourth-order valence-electron chi connectivity index (χ4n) is 8.69. The smallest absolute Gasteiger partial charge is 0.303 e. The van der Waals surface area contributed by atoms with Crippen LogP contribution in [0.5, 0.6) is 0 Å². The van der Waals surface area contributed by atoms with Crippen molar-refractivity contribution in [1.82, 2.24) is 14.5 Å². The van der Waals surface area contributed by atoms with E-state index in [1.807, 2.05) is 28.8 Å². The molecule has 6 rings (SSSR count). The zero-order valence-corrected chi connectivity index (χ0v) is 25.0. The average Bonchev–Trinajstić information content (AvgIpc) is 3.15. The van der Waals surface area contributed by atoms with Gasteiger partial charge in [-0.05, 0) is 68.9 Å². The Balaban J connectivity index is 1.33. The van der Waals surface area contributed by atoms with Gasteiger partial charge in [0.05, 0.1) is 24.1 Å². The van der Waals surface area contributed by atoms with Crippen molar-refractivity contribution >= 4 is 22.7 Å². The van der Waals surface area contributed by atoms with E-state index in [1.165, 1.54) is 64.2 Å². The number of hydrogen-bond acceptors (Lipinski definition) is 7. The van der Waals surface area contributed by atoms with Gasteiger partial charge in [0.2, 0.25) is 0 Å². The minimum atomic E-state index is -0.955. The number of oxime groups is 1. The van der Waals surface area contributed by atoms with E-state index in [2.05, 4.69) is 10.1 Å². The lowest BCUT2D eigenvalue weighted by atomic mass is 9.73. The van der Waals surface area contributed by atoms with Crippen LogP contribution in [0, 0.1) is 11.8 Å². The van der Waals surface area contributed by atoms with Crippen LogP contribution in [0.1, 0.15) is 102 Å². The molecular weight excluding hydrogens is 532 g/mol. The van der Waals surface area contributed by atoms with Crippen molar-refractivity contribution in [2.24, 2.45) is 17.0 Å². The molecule has 2 saturated heterocycles. The van der Waals surface area contributed by atoms with E-state index in [-0.39, 0.29) is 42.5 Å². The molecule has 9 nitrogen and oxygen atoms in total. The van der Waals surface area contributed by atoms with Gasteiger partial charge in [0.1, 0.15) is 12.3 Å². The first kappa shape index (κ1) is 29.3. The highest BCUT2D eigenvalue weighted by Gasteiger charge is 2.45. The quantitative estimate of drug-likeness (QED) is 0.224. The van der Waals surface area contributed by atoms with E-state index in [0.717, 1.165) is 35.7 Å². The maximum Gasteiger partial charge on any atom is 0.303 e. The molecule has 0 radical (unpaired) electrons. The molecule has 4 bridgehead atoms. The van der Waals surface area contributed by atoms with Gasteiger partial charge < -0.3 is 19.2 Å². The molecule has 42 heavy (non-hydrogen) atoms. The van der Waals surface area contributed by atoms with Gasteiger partial charge in [-0.3, -0.25) is 14.5 Å². The zero-order valence-electron chi connectivity index (χ0n) is 25.0. The molecular formula is C33H46N4O5. The molecule has 1 N–H and O–H groups in total. The number of piperidine rings is 2. The van der Waals surface area contributed by atoms with Crippen LogP contribution in [0.4, 0.5) is 0 Å². The van der Waals surface area contributed by atoms with E-state index in [1.54, 1.807) is 7.11 Å². The topological polar surface area (TPSA) is 106 Å². The van der Waals surface area contributed by atoms with Crippen LogP contribution in [-0.2, 0) is 14.4 Å². The number of nitrogens with zero attached hydrogens (tertiary/aromatic N) is 4. The minimum Gasteiger partial charge on any atom is -0.481 e. The number of aromatic nitrogens is 2. The average molecular weight is 579 g/mol. The van der Waals surface area contributed by atoms with Crippen molar-refractivity contribution in [1.29, 1.82) is 0 Å². The molecule has 3 heterocycles. The zero-order chi connectivity index (χ0) is 29.1. The molecule has 9 heteroatoms. The first-order valence-corrected chi connectivity index (χ1v) is 16.2. The molecule has 2 aromatic rings. The number of benzene rings is 1. The third-order valence-corrected chi connectivity index (χ3v) is 10.3. The summed E-state index contributed by atoms with van der Waals surface area (Å²) in [6, 6.07) is 9.55. The number of fused-ring (bicyclic) bond motifs is 5. The first-order chi connectivity index (χ1) is 20.5. The lowest BCUT2D eigenvalue weighted by Crippen LogP contribution is -2.58. The molecule has 1 aromatic heterocycles. The molecule has 2 aliphatic carbocycles. The molecule has 0 amide bonds. The Morgan fingerprint density at radius 2 is 1.62 bits per heavy atom. The standard InChI is InChI=1S/C33H46N4O5/c1-41-15-16-42-35-29(13-14-31(38)39)32-33(40)37(30-12-5-4-11-28(30)34-32)27-20-24-9-6-10-25(21-27)36(24)26-18-22-7-2-3-8-23(17-22)19-26/h4-5,11-12,22-27H,2-3,6-10,13-21H2,1H3,(H,38,39)/b35-29+/t22-,23+,24-,25+,26?,27+. The van der Waals surface area contributed by atoms with Gasteiger partial charge in [0, 0.05) is 37.7 Å². The third-order valence-electron chi connectivity index (χ3n) is 10.3. The van der Waals surface area contributed by atoms with Crippen LogP contribution >= 0.6 is 0 Å². The number of aliphatic carboxylic acids is 1. The monoisotopic (exact) mass is 578 g/mol. The fraction of sp³-hybridized carbons (Fsp3) is 0.697. The Labute approximate surface area is 248 Å². The van der Waals surface area contributed by atoms with Gasteiger partial charge in [-0.1, -0.05) is 49.4 Å². The molecule has 2 aliphatic heterocycles. The third kappa shape index (κ3) is 6.27. The van der Waals surface area contributed by atoms with Crippen molar-refractivity contribution in [2.75, 3.05) is 20.3 Å². The maximum atomic E-state index is 14.3. The lowest BCUT2D eigenvalue weighted by Gasteiger charge is -2.54. The van der Waals surface area contributed by atoms with Gasteiger partial charge in [-0.25, -0.2) is 4.98 Å². The summed E-state index contributed by atoms with van der Waals surface area (Å²) in [6.07, 6.45) is 15.2. The van der Waals surface area contributed by atoms with Crippen LogP contribution in [0.15, 0.2) is 34.2 Å². The minimum absolute atomic E-state index is 0.0661. The second kappa shape index (κ2) is 13.2. The van der Waals surface area contributed by atoms with E-state index >= 15 is 0 Å². The number of hydrogen-bond donors (Lipinski definition) is 1. The van der Waals surface area contributed by atoms with Crippen molar-refractivity contribution in [3.8, 4) is 0 Å². The summed E-state index contributed by atoms with van der Waals surface area (Å²) < 4.78 is 7.01. The summed E-state index contributed by atoms with van der Waals surface area (Å²) in [5, 5.41) is 13.6. The first-order valence-electron chi connectivity index (χ1n) is 16.2. The number of rotatable bonds is 10. The second-order valence-corrected chi connectivity index (χ2v) is 13.1. The summed E-state index contributed by atoms with van der Waals surface area (Å²) in [5.74, 6) is 0.820. The van der Waals surface area contributed by atoms with Crippen LogP contribution in [0.25, 0.3) is 11.0 Å². The molecule has 4 aliphatic rings. The van der Waals surface area contributed by atoms with E-state index in [0.29, 0.717) is 24.7 Å². The summed E-state index contributed by atoms with van der Waals surface area (Å²) in [5.41, 5.74) is 1.82. The summed E-state index contributed by atoms with van der Waals surface area (Å²) in [4.78, 5) is 38.8. The predicted molar refractivity (Wildman–Crippen MR) is 162 cm³/mol. The summed E-state index contributed by atoms with van der Waals surface area (Å²) >= 11 is 0. The highest BCUT2D eigenvalue weighted by Crippen LogP contribution is 2.47. The Kier molecular flexibility index (Phi) is 9.24. The van der Waals surface area contributed by atoms with Crippen LogP contribution in [-0.4, -0.2) is 69.7 Å². The van der Waals surface area contributed by atoms with Crippen molar-refractivity contribution in [3.63, 3.8) is 0 Å². The van der Waals surface area contributed by atoms with E-state index in [4.69, 9.17) is 14.6 Å². The maximum absolute atomic E-state index is 14.3. The SMILES string of the molecule is COCCO/N=C(\CCC(=O)O)c1nc2ccccc2n([C@H]2C[C@H]3CCC[C@@H](C2)N3C2C[C@H]3CCCC[C@@H](C2)C3)c1=O. The molecule has 1 unspecified atom stereocenters. The van der Waals surface area contributed by atoms with Crippen molar-refractivity contribution in [2.45, 2.75) is 114 Å². The molecule has 6 atom stereocenters. The summed E-state index contributed by atoms with van der Waals surface area (Å²) in [7, 11) is 1.57. The molecule has 1 aromatic carbocycles. The number of methoxy groups -OCH3 is 1. The van der Waals surface area contributed by atoms with Crippen LogP contribution in [0.2, 0.25) is 0 Å². The molecule has 4 fully saturated rings. The number of carbonyl (C=O) groups is 1. The second-order valence-electron chi connectivity index (χ2n) is 13.1. The van der Waals surface area contributed by atoms with Gasteiger partial charge in [-0.2, -0.15) is 0 Å². The highest BCUT2D eigenvalue weighted by atomic mass is 16.6. The van der Waals surface area contributed by atoms with E-state index < -0.39 is 5.97 Å². The normalized spacial score (nSPS) is 30.2. The van der Waals surface area contributed by atoms with Gasteiger partial charge in [-0.15, -0.1) is 0 Å². The largest absolute Gasteiger partial charge is 0.481 e. The van der Waals surface area contributed by atoms with Crippen LogP contribution in [0.3, 0.4) is 0 Å². The Morgan fingerprint density at radius 1 is 0.905 bits per heavy atom. The Bertz CT molecular complexity index is 1310. The number of para-hydroxylation sites is 2. The Hall–Kier alpha value is -2.78. The Morgan fingerprint density at radius 3 is 2.31 bits per heavy atom. The molecule has 228 valence electrons. The predicted octanol–water partition coefficient (Wildman–Crippen LogP) is 5.55. The van der Waals surface area contributed by atoms with Crippen LogP contribution < -0.4 is 5.56 Å². The van der Waals surface area contributed by atoms with Crippen molar-refractivity contribution in [3.05, 3.63) is 40.3 Å². The highest BCUT2D eigenvalue weighted by molar-refractivity contribution is 6.00. The van der Waals surface area contributed by atoms with Gasteiger partial charge in [0.15, 0.2) is 5.69 Å². The van der Waals surface area contributed by atoms with Gasteiger partial charge in [0.25, 0.3) is 5.56 Å². The fourth-order valence-corrected chi connectivity index (χ4v) is 8.69. The number of carboxylic acids is 1. The number of ether oxygens (including phenoxy) is 1. The lowest BCUT2D eigenvalue weighted by molar-refractivity contribution is -0.136. The van der Waals surface area contributed by atoms with Crippen molar-refractivity contribution < 1.29 is 19.5 Å². The summed E-state index contributed by atoms with van der Waals surface area (Å²) in [6.45, 7) is 0.550. The molecule has 2 saturated carbocycles. The molecule has 0 spiro atoms. The van der Waals surface area contributed by atoms with Gasteiger partial charge >= 0.3 is 5.97 Å².